The van der Waals surface area contributed by atoms with Gasteiger partial charge >= 0.3 is 0 Å². The molecule has 0 heterocycles. The van der Waals surface area contributed by atoms with Gasteiger partial charge in [0.15, 0.2) is 0 Å². The highest BCUT2D eigenvalue weighted by atomic mass is 79.9. The highest BCUT2D eigenvalue weighted by Gasteiger charge is 2.05. The maximum Gasteiger partial charge on any atom is 0.0945 e. The minimum atomic E-state index is -0.478. The SMILES string of the molecule is Cc1cc(Br)cc(NCC(O)COCCCC(C)C)c1. The topological polar surface area (TPSA) is 41.5 Å². The minimum absolute atomic E-state index is 0.387. The van der Waals surface area contributed by atoms with Crippen LogP contribution in [-0.4, -0.2) is 31.0 Å². The average molecular weight is 344 g/mol. The first-order valence-electron chi connectivity index (χ1n) is 7.24. The molecule has 20 heavy (non-hydrogen) atoms. The van der Waals surface area contributed by atoms with E-state index in [0.717, 1.165) is 23.2 Å². The van der Waals surface area contributed by atoms with Crippen LogP contribution in [0.2, 0.25) is 0 Å². The monoisotopic (exact) mass is 343 g/mol. The normalized spacial score (nSPS) is 12.7. The summed E-state index contributed by atoms with van der Waals surface area (Å²) in [6.07, 6.45) is 1.75. The summed E-state index contributed by atoms with van der Waals surface area (Å²) in [5, 5.41) is 13.1. The fourth-order valence-electron chi connectivity index (χ4n) is 1.95. The molecule has 3 nitrogen and oxygen atoms in total. The van der Waals surface area contributed by atoms with Crippen LogP contribution in [0.3, 0.4) is 0 Å². The van der Waals surface area contributed by atoms with Crippen molar-refractivity contribution >= 4 is 21.6 Å². The summed E-state index contributed by atoms with van der Waals surface area (Å²) < 4.78 is 6.52. The van der Waals surface area contributed by atoms with Gasteiger partial charge in [-0.05, 0) is 49.4 Å². The van der Waals surface area contributed by atoms with E-state index in [4.69, 9.17) is 4.74 Å². The molecule has 0 saturated heterocycles. The minimum Gasteiger partial charge on any atom is -0.389 e. The van der Waals surface area contributed by atoms with Crippen molar-refractivity contribution in [2.45, 2.75) is 39.7 Å². The Morgan fingerprint density at radius 1 is 1.30 bits per heavy atom. The van der Waals surface area contributed by atoms with Crippen molar-refractivity contribution in [1.82, 2.24) is 0 Å². The Balaban J connectivity index is 2.17. The maximum absolute atomic E-state index is 9.86. The van der Waals surface area contributed by atoms with Gasteiger partial charge in [-0.2, -0.15) is 0 Å². The van der Waals surface area contributed by atoms with Crippen LogP contribution in [0, 0.1) is 12.8 Å². The lowest BCUT2D eigenvalue weighted by molar-refractivity contribution is 0.0409. The first-order valence-corrected chi connectivity index (χ1v) is 8.03. The maximum atomic E-state index is 9.86. The number of ether oxygens (including phenoxy) is 1. The molecule has 114 valence electrons. The van der Waals surface area contributed by atoms with Gasteiger partial charge < -0.3 is 15.2 Å². The molecule has 0 aliphatic rings. The van der Waals surface area contributed by atoms with E-state index in [9.17, 15) is 5.11 Å². The van der Waals surface area contributed by atoms with E-state index in [2.05, 4.69) is 47.2 Å². The van der Waals surface area contributed by atoms with Crippen molar-refractivity contribution in [2.24, 2.45) is 5.92 Å². The van der Waals surface area contributed by atoms with Gasteiger partial charge in [0.05, 0.1) is 12.7 Å². The molecule has 0 fully saturated rings. The number of hydrogen-bond acceptors (Lipinski definition) is 3. The fraction of sp³-hybridized carbons (Fsp3) is 0.625. The van der Waals surface area contributed by atoms with E-state index >= 15 is 0 Å². The standard InChI is InChI=1S/C16H26BrNO2/c1-12(2)5-4-6-20-11-16(19)10-18-15-8-13(3)7-14(17)9-15/h7-9,12,16,18-19H,4-6,10-11H2,1-3H3. The van der Waals surface area contributed by atoms with Gasteiger partial charge in [-0.25, -0.2) is 0 Å². The van der Waals surface area contributed by atoms with Gasteiger partial charge in [0.25, 0.3) is 0 Å². The number of aliphatic hydroxyl groups excluding tert-OH is 1. The van der Waals surface area contributed by atoms with Crippen LogP contribution in [-0.2, 0) is 4.74 Å². The summed E-state index contributed by atoms with van der Waals surface area (Å²) in [4.78, 5) is 0. The van der Waals surface area contributed by atoms with Crippen LogP contribution in [0.25, 0.3) is 0 Å². The number of halogens is 1. The average Bonchev–Trinajstić information content (AvgIpc) is 2.34. The van der Waals surface area contributed by atoms with Crippen molar-refractivity contribution in [3.05, 3.63) is 28.2 Å². The van der Waals surface area contributed by atoms with E-state index in [-0.39, 0.29) is 0 Å². The molecular formula is C16H26BrNO2. The highest BCUT2D eigenvalue weighted by molar-refractivity contribution is 9.10. The Morgan fingerprint density at radius 3 is 2.70 bits per heavy atom. The third kappa shape index (κ3) is 7.88. The summed E-state index contributed by atoms with van der Waals surface area (Å²) >= 11 is 3.46. The lowest BCUT2D eigenvalue weighted by Gasteiger charge is -2.14. The Morgan fingerprint density at radius 2 is 2.05 bits per heavy atom. The van der Waals surface area contributed by atoms with Crippen LogP contribution >= 0.6 is 15.9 Å². The molecule has 0 aromatic heterocycles. The fourth-order valence-corrected chi connectivity index (χ4v) is 2.55. The van der Waals surface area contributed by atoms with Crippen LogP contribution in [0.15, 0.2) is 22.7 Å². The molecule has 0 spiro atoms. The van der Waals surface area contributed by atoms with Crippen LogP contribution < -0.4 is 5.32 Å². The number of anilines is 1. The molecule has 1 atom stereocenters. The Bertz CT molecular complexity index is 376. The molecule has 2 N–H and O–H groups in total. The first kappa shape index (κ1) is 17.5. The molecule has 0 aliphatic carbocycles. The highest BCUT2D eigenvalue weighted by Crippen LogP contribution is 2.18. The van der Waals surface area contributed by atoms with Gasteiger partial charge in [-0.15, -0.1) is 0 Å². The molecule has 1 rings (SSSR count). The van der Waals surface area contributed by atoms with Gasteiger partial charge in [-0.1, -0.05) is 29.8 Å². The van der Waals surface area contributed by atoms with E-state index in [1.807, 2.05) is 13.0 Å². The van der Waals surface area contributed by atoms with Gasteiger partial charge in [0.2, 0.25) is 0 Å². The Hall–Kier alpha value is -0.580. The summed E-state index contributed by atoms with van der Waals surface area (Å²) in [7, 11) is 0. The molecule has 1 unspecified atom stereocenters. The number of hydrogen-bond donors (Lipinski definition) is 2. The second-order valence-electron chi connectivity index (χ2n) is 5.66. The Kier molecular flexibility index (Phi) is 8.19. The summed E-state index contributed by atoms with van der Waals surface area (Å²) in [5.41, 5.74) is 2.19. The zero-order chi connectivity index (χ0) is 15.0. The lowest BCUT2D eigenvalue weighted by Crippen LogP contribution is -2.25. The number of aryl methyl sites for hydroxylation is 1. The largest absolute Gasteiger partial charge is 0.389 e. The number of rotatable bonds is 9. The van der Waals surface area contributed by atoms with E-state index in [1.54, 1.807) is 0 Å². The first-order chi connectivity index (χ1) is 9.47. The van der Waals surface area contributed by atoms with Crippen LogP contribution in [0.4, 0.5) is 5.69 Å². The quantitative estimate of drug-likeness (QED) is 0.666. The van der Waals surface area contributed by atoms with Crippen molar-refractivity contribution in [2.75, 3.05) is 25.1 Å². The third-order valence-electron chi connectivity index (χ3n) is 2.96. The third-order valence-corrected chi connectivity index (χ3v) is 3.42. The summed E-state index contributed by atoms with van der Waals surface area (Å²) in [6.45, 7) is 8.07. The molecule has 0 aliphatic heterocycles. The number of aliphatic hydroxyl groups is 1. The van der Waals surface area contributed by atoms with Crippen molar-refractivity contribution in [1.29, 1.82) is 0 Å². The molecule has 1 aromatic carbocycles. The summed E-state index contributed by atoms with van der Waals surface area (Å²) in [6, 6.07) is 6.11. The molecule has 0 saturated carbocycles. The zero-order valence-electron chi connectivity index (χ0n) is 12.7. The van der Waals surface area contributed by atoms with E-state index in [1.165, 1.54) is 12.0 Å². The van der Waals surface area contributed by atoms with Crippen molar-refractivity contribution in [3.8, 4) is 0 Å². The molecule has 0 bridgehead atoms. The molecule has 0 amide bonds. The van der Waals surface area contributed by atoms with E-state index in [0.29, 0.717) is 19.1 Å². The van der Waals surface area contributed by atoms with Crippen molar-refractivity contribution < 1.29 is 9.84 Å². The zero-order valence-corrected chi connectivity index (χ0v) is 14.2. The van der Waals surface area contributed by atoms with Gasteiger partial charge in [0, 0.05) is 23.3 Å². The number of nitrogens with one attached hydrogen (secondary N) is 1. The van der Waals surface area contributed by atoms with Gasteiger partial charge in [0.1, 0.15) is 0 Å². The van der Waals surface area contributed by atoms with Crippen LogP contribution in [0.5, 0.6) is 0 Å². The predicted octanol–water partition coefficient (Wildman–Crippen LogP) is 3.98. The lowest BCUT2D eigenvalue weighted by atomic mass is 10.1. The second-order valence-corrected chi connectivity index (χ2v) is 6.58. The van der Waals surface area contributed by atoms with Crippen LogP contribution in [0.1, 0.15) is 32.3 Å². The second kappa shape index (κ2) is 9.37. The van der Waals surface area contributed by atoms with Gasteiger partial charge in [-0.3, -0.25) is 0 Å². The van der Waals surface area contributed by atoms with Crippen molar-refractivity contribution in [3.63, 3.8) is 0 Å². The molecule has 0 radical (unpaired) electrons. The molecule has 1 aromatic rings. The Labute approximate surface area is 130 Å². The molecular weight excluding hydrogens is 318 g/mol. The van der Waals surface area contributed by atoms with E-state index < -0.39 is 6.10 Å². The smallest absolute Gasteiger partial charge is 0.0945 e. The number of benzene rings is 1. The summed E-state index contributed by atoms with van der Waals surface area (Å²) in [5.74, 6) is 0.713. The molecule has 4 heteroatoms. The predicted molar refractivity (Wildman–Crippen MR) is 88.3 cm³/mol.